The van der Waals surface area contributed by atoms with Crippen LogP contribution in [0, 0.1) is 0 Å². The number of hydrogen-bond donors (Lipinski definition) is 2. The second-order valence-electron chi connectivity index (χ2n) is 6.12. The second-order valence-corrected chi connectivity index (χ2v) is 7.87. The monoisotopic (exact) mass is 389 g/mol. The standard InChI is InChI=1S/C20H20ClNO3S/c1-2-22(20(24)25)12-16(19(23)17-9-10-18(21)26-17)15-8-7-13-5-3-4-6-14(13)11-15/h3-11,16,19,23H,2,12H2,1H3,(H,24,25). The Hall–Kier alpha value is -2.08. The van der Waals surface area contributed by atoms with Crippen molar-refractivity contribution < 1.29 is 15.0 Å². The average molecular weight is 390 g/mol. The lowest BCUT2D eigenvalue weighted by atomic mass is 9.90. The highest BCUT2D eigenvalue weighted by atomic mass is 35.5. The summed E-state index contributed by atoms with van der Waals surface area (Å²) in [5.74, 6) is -0.384. The van der Waals surface area contributed by atoms with Crippen LogP contribution in [-0.2, 0) is 0 Å². The van der Waals surface area contributed by atoms with Gasteiger partial charge in [-0.25, -0.2) is 4.79 Å². The molecule has 136 valence electrons. The first-order valence-electron chi connectivity index (χ1n) is 8.39. The molecule has 3 aromatic rings. The summed E-state index contributed by atoms with van der Waals surface area (Å²) < 4.78 is 0.599. The van der Waals surface area contributed by atoms with Gasteiger partial charge in [0.1, 0.15) is 0 Å². The predicted molar refractivity (Wildman–Crippen MR) is 106 cm³/mol. The largest absolute Gasteiger partial charge is 0.465 e. The SMILES string of the molecule is CCN(CC(c1ccc2ccccc2c1)C(O)c1ccc(Cl)s1)C(=O)O. The van der Waals surface area contributed by atoms with Gasteiger partial charge in [-0.15, -0.1) is 11.3 Å². The Morgan fingerprint density at radius 2 is 1.88 bits per heavy atom. The van der Waals surface area contributed by atoms with Crippen LogP contribution in [0.5, 0.6) is 0 Å². The van der Waals surface area contributed by atoms with Crippen LogP contribution < -0.4 is 0 Å². The Labute approximate surface area is 161 Å². The molecule has 2 atom stereocenters. The molecule has 0 saturated carbocycles. The van der Waals surface area contributed by atoms with Crippen molar-refractivity contribution in [1.29, 1.82) is 0 Å². The molecule has 0 aliphatic rings. The number of rotatable bonds is 6. The number of carbonyl (C=O) groups is 1. The molecule has 0 aliphatic carbocycles. The van der Waals surface area contributed by atoms with Gasteiger partial charge in [-0.2, -0.15) is 0 Å². The number of carboxylic acid groups (broad SMARTS) is 1. The Morgan fingerprint density at radius 1 is 1.15 bits per heavy atom. The van der Waals surface area contributed by atoms with Crippen molar-refractivity contribution in [2.75, 3.05) is 13.1 Å². The molecular formula is C20H20ClNO3S. The van der Waals surface area contributed by atoms with E-state index in [0.717, 1.165) is 21.2 Å². The van der Waals surface area contributed by atoms with Crippen molar-refractivity contribution in [3.8, 4) is 0 Å². The Bertz CT molecular complexity index is 911. The molecule has 0 fully saturated rings. The Kier molecular flexibility index (Phi) is 5.81. The molecule has 0 radical (unpaired) electrons. The third kappa shape index (κ3) is 4.01. The van der Waals surface area contributed by atoms with E-state index in [9.17, 15) is 15.0 Å². The number of aliphatic hydroxyl groups excluding tert-OH is 1. The fourth-order valence-electron chi connectivity index (χ4n) is 3.09. The molecule has 1 amide bonds. The number of halogens is 1. The minimum atomic E-state index is -0.991. The fraction of sp³-hybridized carbons (Fsp3) is 0.250. The second kappa shape index (κ2) is 8.08. The highest BCUT2D eigenvalue weighted by molar-refractivity contribution is 7.16. The van der Waals surface area contributed by atoms with Crippen LogP contribution in [0.1, 0.15) is 29.4 Å². The van der Waals surface area contributed by atoms with Crippen molar-refractivity contribution >= 4 is 39.8 Å². The molecule has 26 heavy (non-hydrogen) atoms. The first kappa shape index (κ1) is 18.7. The highest BCUT2D eigenvalue weighted by Crippen LogP contribution is 2.37. The fourth-order valence-corrected chi connectivity index (χ4v) is 4.20. The number of benzene rings is 2. The van der Waals surface area contributed by atoms with E-state index < -0.39 is 12.2 Å². The zero-order valence-corrected chi connectivity index (χ0v) is 15.9. The summed E-state index contributed by atoms with van der Waals surface area (Å²) in [6.07, 6.45) is -1.82. The number of thiophene rings is 1. The van der Waals surface area contributed by atoms with Crippen LogP contribution in [0.2, 0.25) is 4.34 Å². The van der Waals surface area contributed by atoms with Crippen LogP contribution in [0.25, 0.3) is 10.8 Å². The lowest BCUT2D eigenvalue weighted by Crippen LogP contribution is -2.35. The molecular weight excluding hydrogens is 370 g/mol. The van der Waals surface area contributed by atoms with Gasteiger partial charge in [0.25, 0.3) is 0 Å². The van der Waals surface area contributed by atoms with Gasteiger partial charge in [0, 0.05) is 23.9 Å². The molecule has 0 bridgehead atoms. The maximum atomic E-state index is 11.5. The van der Waals surface area contributed by atoms with Crippen molar-refractivity contribution in [3.63, 3.8) is 0 Å². The van der Waals surface area contributed by atoms with Crippen molar-refractivity contribution in [2.45, 2.75) is 18.9 Å². The maximum absolute atomic E-state index is 11.5. The minimum Gasteiger partial charge on any atom is -0.465 e. The van der Waals surface area contributed by atoms with Gasteiger partial charge in [0.15, 0.2) is 0 Å². The third-order valence-electron chi connectivity index (χ3n) is 4.54. The number of aliphatic hydroxyl groups is 1. The van der Waals surface area contributed by atoms with Gasteiger partial charge in [-0.05, 0) is 35.4 Å². The third-order valence-corrected chi connectivity index (χ3v) is 5.84. The lowest BCUT2D eigenvalue weighted by molar-refractivity contribution is 0.109. The summed E-state index contributed by atoms with van der Waals surface area (Å²) in [4.78, 5) is 13.5. The Morgan fingerprint density at radius 3 is 2.50 bits per heavy atom. The molecule has 2 unspecified atom stereocenters. The van der Waals surface area contributed by atoms with Crippen molar-refractivity contribution in [1.82, 2.24) is 4.90 Å². The number of fused-ring (bicyclic) bond motifs is 1. The number of likely N-dealkylation sites (N-methyl/N-ethyl adjacent to an activating group) is 1. The smallest absolute Gasteiger partial charge is 0.407 e. The molecule has 6 heteroatoms. The van der Waals surface area contributed by atoms with Gasteiger partial charge in [0.05, 0.1) is 10.4 Å². The van der Waals surface area contributed by atoms with Crippen molar-refractivity contribution in [2.24, 2.45) is 0 Å². The predicted octanol–water partition coefficient (Wildman–Crippen LogP) is 5.37. The molecule has 2 N–H and O–H groups in total. The zero-order valence-electron chi connectivity index (χ0n) is 14.3. The summed E-state index contributed by atoms with van der Waals surface area (Å²) in [6.45, 7) is 2.36. The van der Waals surface area contributed by atoms with Gasteiger partial charge in [0.2, 0.25) is 0 Å². The van der Waals surface area contributed by atoms with Crippen LogP contribution in [0.3, 0.4) is 0 Å². The molecule has 0 spiro atoms. The average Bonchev–Trinajstić information content (AvgIpc) is 3.08. The molecule has 1 heterocycles. The van der Waals surface area contributed by atoms with E-state index in [-0.39, 0.29) is 12.5 Å². The van der Waals surface area contributed by atoms with Crippen LogP contribution >= 0.6 is 22.9 Å². The molecule has 3 rings (SSSR count). The highest BCUT2D eigenvalue weighted by Gasteiger charge is 2.28. The normalized spacial score (nSPS) is 13.5. The lowest BCUT2D eigenvalue weighted by Gasteiger charge is -2.28. The molecule has 4 nitrogen and oxygen atoms in total. The van der Waals surface area contributed by atoms with E-state index in [4.69, 9.17) is 11.6 Å². The summed E-state index contributed by atoms with van der Waals surface area (Å²) in [5, 5.41) is 22.6. The minimum absolute atomic E-state index is 0.209. The zero-order chi connectivity index (χ0) is 18.7. The number of hydrogen-bond acceptors (Lipinski definition) is 3. The summed E-state index contributed by atoms with van der Waals surface area (Å²) in [6, 6.07) is 17.5. The van der Waals surface area contributed by atoms with Crippen LogP contribution in [0.4, 0.5) is 4.79 Å². The van der Waals surface area contributed by atoms with E-state index in [2.05, 4.69) is 0 Å². The summed E-state index contributed by atoms with van der Waals surface area (Å²) in [5.41, 5.74) is 0.903. The van der Waals surface area contributed by atoms with Gasteiger partial charge in [-0.3, -0.25) is 0 Å². The molecule has 2 aromatic carbocycles. The summed E-state index contributed by atoms with van der Waals surface area (Å²) in [7, 11) is 0. The van der Waals surface area contributed by atoms with Crippen LogP contribution in [0.15, 0.2) is 54.6 Å². The molecule has 0 aliphatic heterocycles. The maximum Gasteiger partial charge on any atom is 0.407 e. The van der Waals surface area contributed by atoms with Gasteiger partial charge < -0.3 is 15.1 Å². The number of nitrogens with zero attached hydrogens (tertiary/aromatic N) is 1. The van der Waals surface area contributed by atoms with Gasteiger partial charge in [-0.1, -0.05) is 54.1 Å². The van der Waals surface area contributed by atoms with E-state index in [1.54, 1.807) is 19.1 Å². The summed E-state index contributed by atoms with van der Waals surface area (Å²) >= 11 is 7.33. The molecule has 0 saturated heterocycles. The van der Waals surface area contributed by atoms with Crippen molar-refractivity contribution in [3.05, 3.63) is 69.4 Å². The van der Waals surface area contributed by atoms with E-state index in [1.165, 1.54) is 16.2 Å². The number of amides is 1. The quantitative estimate of drug-likeness (QED) is 0.595. The first-order valence-corrected chi connectivity index (χ1v) is 9.59. The Balaban J connectivity index is 2.01. The van der Waals surface area contributed by atoms with E-state index in [0.29, 0.717) is 10.9 Å². The van der Waals surface area contributed by atoms with E-state index in [1.807, 2.05) is 42.5 Å². The molecule has 1 aromatic heterocycles. The van der Waals surface area contributed by atoms with Crippen LogP contribution in [-0.4, -0.2) is 34.3 Å². The first-order chi connectivity index (χ1) is 12.5. The topological polar surface area (TPSA) is 60.8 Å². The van der Waals surface area contributed by atoms with Gasteiger partial charge >= 0.3 is 6.09 Å². The van der Waals surface area contributed by atoms with E-state index >= 15 is 0 Å².